The summed E-state index contributed by atoms with van der Waals surface area (Å²) in [6.45, 7) is 3.36. The highest BCUT2D eigenvalue weighted by molar-refractivity contribution is 6.28. The molecule has 0 saturated carbocycles. The van der Waals surface area contributed by atoms with Crippen LogP contribution >= 0.6 is 11.6 Å². The number of pyridine rings is 1. The number of hydrogen-bond acceptors (Lipinski definition) is 6. The van der Waals surface area contributed by atoms with Crippen LogP contribution in [0.25, 0.3) is 11.0 Å². The summed E-state index contributed by atoms with van der Waals surface area (Å²) in [5.41, 5.74) is 8.02. The zero-order valence-corrected chi connectivity index (χ0v) is 11.1. The smallest absolute Gasteiger partial charge is 0.225 e. The van der Waals surface area contributed by atoms with E-state index < -0.39 is 0 Å². The lowest BCUT2D eigenvalue weighted by Crippen LogP contribution is -2.37. The third-order valence-electron chi connectivity index (χ3n) is 3.09. The van der Waals surface area contributed by atoms with Gasteiger partial charge in [-0.2, -0.15) is 4.98 Å². The van der Waals surface area contributed by atoms with Gasteiger partial charge in [0.05, 0.1) is 18.7 Å². The van der Waals surface area contributed by atoms with E-state index in [0.717, 1.165) is 35.5 Å². The van der Waals surface area contributed by atoms with Crippen molar-refractivity contribution < 1.29 is 4.74 Å². The molecule has 2 aromatic rings. The molecule has 0 unspecified atom stereocenters. The van der Waals surface area contributed by atoms with Crippen molar-refractivity contribution in [2.45, 2.75) is 6.54 Å². The number of fused-ring (bicyclic) bond motifs is 1. The molecular formula is C12H14ClN5O. The van der Waals surface area contributed by atoms with Gasteiger partial charge in [-0.05, 0) is 23.2 Å². The van der Waals surface area contributed by atoms with Crippen LogP contribution < -0.4 is 10.6 Å². The molecule has 0 aromatic carbocycles. The third kappa shape index (κ3) is 2.47. The van der Waals surface area contributed by atoms with Crippen LogP contribution in [0.5, 0.6) is 0 Å². The highest BCUT2D eigenvalue weighted by atomic mass is 35.5. The number of morpholine rings is 1. The first kappa shape index (κ1) is 12.5. The maximum absolute atomic E-state index is 6.00. The number of rotatable bonds is 2. The molecule has 7 heteroatoms. The highest BCUT2D eigenvalue weighted by Crippen LogP contribution is 2.24. The summed E-state index contributed by atoms with van der Waals surface area (Å²) in [5.74, 6) is 0.766. The van der Waals surface area contributed by atoms with Crippen molar-refractivity contribution >= 4 is 28.5 Å². The Hall–Kier alpha value is -1.50. The molecule has 0 bridgehead atoms. The fraction of sp³-hybridized carbons (Fsp3) is 0.417. The van der Waals surface area contributed by atoms with Gasteiger partial charge in [-0.1, -0.05) is 0 Å². The lowest BCUT2D eigenvalue weighted by molar-refractivity contribution is 0.122. The van der Waals surface area contributed by atoms with Gasteiger partial charge in [0.1, 0.15) is 5.52 Å². The number of anilines is 1. The number of halogens is 1. The molecule has 0 aliphatic carbocycles. The van der Waals surface area contributed by atoms with Crippen molar-refractivity contribution in [3.05, 3.63) is 23.1 Å². The summed E-state index contributed by atoms with van der Waals surface area (Å²) >= 11 is 6.00. The Morgan fingerprint density at radius 2 is 2.11 bits per heavy atom. The average Bonchev–Trinajstić information content (AvgIpc) is 2.46. The van der Waals surface area contributed by atoms with Crippen LogP contribution in [-0.4, -0.2) is 41.3 Å². The van der Waals surface area contributed by atoms with E-state index in [-0.39, 0.29) is 5.28 Å². The SMILES string of the molecule is NCc1cnc2c(N3CCOCC3)nc(Cl)nc2c1. The number of hydrogen-bond donors (Lipinski definition) is 1. The zero-order valence-electron chi connectivity index (χ0n) is 10.3. The first-order valence-corrected chi connectivity index (χ1v) is 6.50. The fourth-order valence-corrected chi connectivity index (χ4v) is 2.30. The van der Waals surface area contributed by atoms with Gasteiger partial charge in [-0.25, -0.2) is 4.98 Å². The van der Waals surface area contributed by atoms with Crippen LogP contribution in [-0.2, 0) is 11.3 Å². The van der Waals surface area contributed by atoms with Gasteiger partial charge < -0.3 is 15.4 Å². The summed E-state index contributed by atoms with van der Waals surface area (Å²) in [6, 6.07) is 1.90. The number of nitrogens with zero attached hydrogens (tertiary/aromatic N) is 4. The van der Waals surface area contributed by atoms with E-state index in [9.17, 15) is 0 Å². The molecule has 1 fully saturated rings. The molecule has 3 rings (SSSR count). The average molecular weight is 280 g/mol. The molecule has 0 radical (unpaired) electrons. The van der Waals surface area contributed by atoms with E-state index in [0.29, 0.717) is 19.8 Å². The van der Waals surface area contributed by atoms with E-state index >= 15 is 0 Å². The second kappa shape index (κ2) is 5.24. The molecule has 2 aromatic heterocycles. The Balaban J connectivity index is 2.11. The van der Waals surface area contributed by atoms with Gasteiger partial charge in [0, 0.05) is 25.8 Å². The molecule has 19 heavy (non-hydrogen) atoms. The summed E-state index contributed by atoms with van der Waals surface area (Å²) in [5, 5.41) is 0.227. The summed E-state index contributed by atoms with van der Waals surface area (Å²) in [6.07, 6.45) is 1.75. The lowest BCUT2D eigenvalue weighted by atomic mass is 10.2. The predicted molar refractivity (Wildman–Crippen MR) is 73.3 cm³/mol. The van der Waals surface area contributed by atoms with Crippen LogP contribution in [0.1, 0.15) is 5.56 Å². The Kier molecular flexibility index (Phi) is 3.46. The Labute approximate surface area is 115 Å². The molecule has 3 heterocycles. The zero-order chi connectivity index (χ0) is 13.2. The van der Waals surface area contributed by atoms with Gasteiger partial charge in [-0.15, -0.1) is 0 Å². The van der Waals surface area contributed by atoms with E-state index in [4.69, 9.17) is 22.1 Å². The first-order chi connectivity index (χ1) is 9.28. The van der Waals surface area contributed by atoms with Crippen LogP contribution in [0, 0.1) is 0 Å². The van der Waals surface area contributed by atoms with Gasteiger partial charge in [0.15, 0.2) is 5.82 Å². The molecule has 2 N–H and O–H groups in total. The van der Waals surface area contributed by atoms with Crippen molar-refractivity contribution in [3.8, 4) is 0 Å². The van der Waals surface area contributed by atoms with Crippen LogP contribution in [0.4, 0.5) is 5.82 Å². The van der Waals surface area contributed by atoms with Crippen molar-refractivity contribution in [3.63, 3.8) is 0 Å². The third-order valence-corrected chi connectivity index (χ3v) is 3.26. The molecule has 1 aliphatic rings. The predicted octanol–water partition coefficient (Wildman–Crippen LogP) is 0.973. The van der Waals surface area contributed by atoms with Gasteiger partial charge in [0.25, 0.3) is 0 Å². The second-order valence-electron chi connectivity index (χ2n) is 4.33. The minimum Gasteiger partial charge on any atom is -0.378 e. The van der Waals surface area contributed by atoms with Crippen molar-refractivity contribution in [1.82, 2.24) is 15.0 Å². The minimum atomic E-state index is 0.227. The quantitative estimate of drug-likeness (QED) is 0.826. The van der Waals surface area contributed by atoms with Crippen molar-refractivity contribution in [2.24, 2.45) is 5.73 Å². The number of aromatic nitrogens is 3. The van der Waals surface area contributed by atoms with Gasteiger partial charge in [0.2, 0.25) is 5.28 Å². The molecule has 100 valence electrons. The van der Waals surface area contributed by atoms with Crippen molar-refractivity contribution in [1.29, 1.82) is 0 Å². The Bertz CT molecular complexity index is 600. The van der Waals surface area contributed by atoms with E-state index in [2.05, 4.69) is 19.9 Å². The monoisotopic (exact) mass is 279 g/mol. The van der Waals surface area contributed by atoms with E-state index in [1.807, 2.05) is 6.07 Å². The molecule has 0 amide bonds. The number of nitrogens with two attached hydrogens (primary N) is 1. The van der Waals surface area contributed by atoms with Crippen LogP contribution in [0.15, 0.2) is 12.3 Å². The lowest BCUT2D eigenvalue weighted by Gasteiger charge is -2.28. The summed E-state index contributed by atoms with van der Waals surface area (Å²) in [7, 11) is 0. The Morgan fingerprint density at radius 3 is 2.84 bits per heavy atom. The van der Waals surface area contributed by atoms with E-state index in [1.165, 1.54) is 0 Å². The fourth-order valence-electron chi connectivity index (χ4n) is 2.12. The van der Waals surface area contributed by atoms with E-state index in [1.54, 1.807) is 6.20 Å². The molecule has 6 nitrogen and oxygen atoms in total. The summed E-state index contributed by atoms with van der Waals surface area (Å²) < 4.78 is 5.35. The molecule has 0 atom stereocenters. The van der Waals surface area contributed by atoms with Crippen molar-refractivity contribution in [2.75, 3.05) is 31.2 Å². The maximum Gasteiger partial charge on any atom is 0.225 e. The minimum absolute atomic E-state index is 0.227. The van der Waals surface area contributed by atoms with Gasteiger partial charge in [-0.3, -0.25) is 4.98 Å². The number of ether oxygens (including phenoxy) is 1. The first-order valence-electron chi connectivity index (χ1n) is 6.13. The maximum atomic E-state index is 6.00. The van der Waals surface area contributed by atoms with Crippen LogP contribution in [0.2, 0.25) is 5.28 Å². The normalized spacial score (nSPS) is 16.0. The largest absolute Gasteiger partial charge is 0.378 e. The molecule has 1 aliphatic heterocycles. The molecular weight excluding hydrogens is 266 g/mol. The second-order valence-corrected chi connectivity index (χ2v) is 4.67. The standard InChI is InChI=1S/C12H14ClN5O/c13-12-16-9-5-8(6-14)7-15-10(9)11(17-12)18-1-3-19-4-2-18/h5,7H,1-4,6,14H2. The summed E-state index contributed by atoms with van der Waals surface area (Å²) in [4.78, 5) is 15.1. The van der Waals surface area contributed by atoms with Crippen LogP contribution in [0.3, 0.4) is 0 Å². The molecule has 1 saturated heterocycles. The molecule has 0 spiro atoms. The topological polar surface area (TPSA) is 77.2 Å². The van der Waals surface area contributed by atoms with Gasteiger partial charge >= 0.3 is 0 Å². The Morgan fingerprint density at radius 1 is 1.32 bits per heavy atom. The highest BCUT2D eigenvalue weighted by Gasteiger charge is 2.18.